The number of amides is 4. The molecule has 2 aromatic carbocycles. The lowest BCUT2D eigenvalue weighted by Crippen LogP contribution is -2.32. The zero-order chi connectivity index (χ0) is 18.8. The van der Waals surface area contributed by atoms with Crippen LogP contribution in [0.25, 0.3) is 0 Å². The molecule has 132 valence electrons. The molecule has 4 amide bonds. The second-order valence-corrected chi connectivity index (χ2v) is 5.63. The molecular weight excluding hydrogens is 362 g/mol. The second-order valence-electron chi connectivity index (χ2n) is 5.23. The summed E-state index contributed by atoms with van der Waals surface area (Å²) in [5, 5.41) is 5.25. The topological polar surface area (TPSA) is 105 Å². The van der Waals surface area contributed by atoms with Crippen molar-refractivity contribution < 1.29 is 24.0 Å². The zero-order valence-corrected chi connectivity index (χ0v) is 14.2. The molecule has 2 N–H and O–H groups in total. The number of hydroxylamine groups is 2. The van der Waals surface area contributed by atoms with E-state index in [0.29, 0.717) is 10.8 Å². The van der Waals surface area contributed by atoms with Crippen molar-refractivity contribution in [1.82, 2.24) is 10.4 Å². The van der Waals surface area contributed by atoms with E-state index in [1.54, 1.807) is 12.1 Å². The predicted octanol–water partition coefficient (Wildman–Crippen LogP) is 2.46. The number of anilines is 1. The van der Waals surface area contributed by atoms with Gasteiger partial charge in [0.2, 0.25) is 0 Å². The summed E-state index contributed by atoms with van der Waals surface area (Å²) in [5.41, 5.74) is 0.598. The first kappa shape index (κ1) is 17.4. The molecule has 0 atom stereocenters. The van der Waals surface area contributed by atoms with Crippen LogP contribution in [0.15, 0.2) is 42.5 Å². The van der Waals surface area contributed by atoms with Crippen LogP contribution in [0.5, 0.6) is 0 Å². The first-order valence-corrected chi connectivity index (χ1v) is 7.78. The number of imide groups is 1. The maximum atomic E-state index is 12.3. The Morgan fingerprint density at radius 3 is 2.19 bits per heavy atom. The maximum absolute atomic E-state index is 12.3. The number of carbonyl (C=O) groups excluding carboxylic acids is 4. The van der Waals surface area contributed by atoms with Gasteiger partial charge in [-0.15, -0.1) is 0 Å². The molecule has 1 aliphatic heterocycles. The molecule has 0 spiro atoms. The Morgan fingerprint density at radius 2 is 1.65 bits per heavy atom. The van der Waals surface area contributed by atoms with Crippen LogP contribution in [0.1, 0.15) is 31.1 Å². The first-order chi connectivity index (χ1) is 12.4. The van der Waals surface area contributed by atoms with Gasteiger partial charge in [-0.05, 0) is 30.3 Å². The number of urea groups is 1. The lowest BCUT2D eigenvalue weighted by atomic mass is 10.1. The number of halogens is 1. The molecule has 0 fully saturated rings. The Hall–Kier alpha value is -3.39. The van der Waals surface area contributed by atoms with Gasteiger partial charge in [-0.1, -0.05) is 28.8 Å². The molecular formula is C17H12ClN3O5. The Labute approximate surface area is 152 Å². The largest absolute Gasteiger partial charge is 0.365 e. The van der Waals surface area contributed by atoms with Crippen LogP contribution in [0, 0.1) is 0 Å². The van der Waals surface area contributed by atoms with E-state index in [1.165, 1.54) is 37.4 Å². The van der Waals surface area contributed by atoms with Crippen molar-refractivity contribution in [2.24, 2.45) is 0 Å². The predicted molar refractivity (Wildman–Crippen MR) is 91.9 cm³/mol. The van der Waals surface area contributed by atoms with Crippen LogP contribution >= 0.6 is 11.6 Å². The number of carbonyl (C=O) groups is 4. The highest BCUT2D eigenvalue weighted by Gasteiger charge is 2.39. The number of hydrogen-bond donors (Lipinski definition) is 2. The van der Waals surface area contributed by atoms with Gasteiger partial charge in [-0.25, -0.2) is 9.59 Å². The summed E-state index contributed by atoms with van der Waals surface area (Å²) in [4.78, 5) is 52.9. The SMILES string of the molecule is CNC(=O)Nc1ccc(C(=O)ON2C(=O)c3ccccc3C2=O)c(Cl)c1. The molecule has 26 heavy (non-hydrogen) atoms. The fourth-order valence-corrected chi connectivity index (χ4v) is 2.59. The smallest absolute Gasteiger partial charge is 0.341 e. The number of rotatable bonds is 3. The third-order valence-corrected chi connectivity index (χ3v) is 3.92. The van der Waals surface area contributed by atoms with Gasteiger partial charge in [0.15, 0.2) is 0 Å². The fourth-order valence-electron chi connectivity index (χ4n) is 2.33. The van der Waals surface area contributed by atoms with E-state index in [2.05, 4.69) is 10.6 Å². The third-order valence-electron chi connectivity index (χ3n) is 3.60. The third kappa shape index (κ3) is 3.09. The first-order valence-electron chi connectivity index (χ1n) is 7.40. The summed E-state index contributed by atoms with van der Waals surface area (Å²) in [6, 6.07) is 9.77. The fraction of sp³-hybridized carbons (Fsp3) is 0.0588. The highest BCUT2D eigenvalue weighted by Crippen LogP contribution is 2.26. The van der Waals surface area contributed by atoms with Gasteiger partial charge in [0.05, 0.1) is 21.7 Å². The van der Waals surface area contributed by atoms with Crippen molar-refractivity contribution in [3.05, 3.63) is 64.2 Å². The number of fused-ring (bicyclic) bond motifs is 1. The van der Waals surface area contributed by atoms with E-state index in [9.17, 15) is 19.2 Å². The Morgan fingerprint density at radius 1 is 1.04 bits per heavy atom. The van der Waals surface area contributed by atoms with Gasteiger partial charge in [0.1, 0.15) is 0 Å². The molecule has 0 radical (unpaired) electrons. The van der Waals surface area contributed by atoms with Crippen molar-refractivity contribution in [3.8, 4) is 0 Å². The minimum atomic E-state index is -0.976. The average Bonchev–Trinajstić information content (AvgIpc) is 2.87. The molecule has 0 saturated carbocycles. The Kier molecular flexibility index (Phi) is 4.59. The summed E-state index contributed by atoms with van der Waals surface area (Å²) in [7, 11) is 1.45. The monoisotopic (exact) mass is 373 g/mol. The van der Waals surface area contributed by atoms with Crippen LogP contribution < -0.4 is 10.6 Å². The van der Waals surface area contributed by atoms with E-state index < -0.39 is 23.8 Å². The molecule has 0 bridgehead atoms. The van der Waals surface area contributed by atoms with E-state index in [4.69, 9.17) is 16.4 Å². The lowest BCUT2D eigenvalue weighted by molar-refractivity contribution is -0.0584. The standard InChI is InChI=1S/C17H12ClN3O5/c1-19-17(25)20-9-6-7-12(13(18)8-9)16(24)26-21-14(22)10-4-2-3-5-11(10)15(21)23/h2-8H,1H3,(H2,19,20,25). The van der Waals surface area contributed by atoms with Crippen molar-refractivity contribution in [2.45, 2.75) is 0 Å². The molecule has 0 aromatic heterocycles. The van der Waals surface area contributed by atoms with E-state index >= 15 is 0 Å². The molecule has 0 unspecified atom stereocenters. The quantitative estimate of drug-likeness (QED) is 0.804. The number of nitrogens with zero attached hydrogens (tertiary/aromatic N) is 1. The van der Waals surface area contributed by atoms with Crippen molar-refractivity contribution in [2.75, 3.05) is 12.4 Å². The van der Waals surface area contributed by atoms with E-state index in [0.717, 1.165) is 0 Å². The van der Waals surface area contributed by atoms with Crippen molar-refractivity contribution >= 4 is 41.1 Å². The minimum absolute atomic E-state index is 0.0134. The zero-order valence-electron chi connectivity index (χ0n) is 13.4. The van der Waals surface area contributed by atoms with Gasteiger partial charge in [-0.3, -0.25) is 9.59 Å². The average molecular weight is 374 g/mol. The van der Waals surface area contributed by atoms with Crippen molar-refractivity contribution in [3.63, 3.8) is 0 Å². The summed E-state index contributed by atoms with van der Waals surface area (Å²) in [6.07, 6.45) is 0. The minimum Gasteiger partial charge on any atom is -0.341 e. The van der Waals surface area contributed by atoms with Crippen molar-refractivity contribution in [1.29, 1.82) is 0 Å². The van der Waals surface area contributed by atoms with Crippen LogP contribution in [0.3, 0.4) is 0 Å². The molecule has 9 heteroatoms. The lowest BCUT2D eigenvalue weighted by Gasteiger charge is -2.13. The highest BCUT2D eigenvalue weighted by molar-refractivity contribution is 6.34. The number of benzene rings is 2. The molecule has 1 aliphatic rings. The second kappa shape index (κ2) is 6.85. The molecule has 3 rings (SSSR count). The summed E-state index contributed by atoms with van der Waals surface area (Å²) >= 11 is 6.04. The van der Waals surface area contributed by atoms with E-state index in [-0.39, 0.29) is 21.7 Å². The molecule has 0 saturated heterocycles. The maximum Gasteiger partial charge on any atom is 0.365 e. The number of hydrogen-bond acceptors (Lipinski definition) is 5. The van der Waals surface area contributed by atoms with Gasteiger partial charge < -0.3 is 15.5 Å². The molecule has 0 aliphatic carbocycles. The van der Waals surface area contributed by atoms with Crippen LogP contribution in [-0.2, 0) is 4.84 Å². The van der Waals surface area contributed by atoms with Crippen LogP contribution in [0.2, 0.25) is 5.02 Å². The molecule has 8 nitrogen and oxygen atoms in total. The Balaban J connectivity index is 1.78. The van der Waals surface area contributed by atoms with Gasteiger partial charge in [0.25, 0.3) is 11.8 Å². The van der Waals surface area contributed by atoms with Gasteiger partial charge in [0, 0.05) is 12.7 Å². The van der Waals surface area contributed by atoms with Crippen LogP contribution in [-0.4, -0.2) is 35.9 Å². The highest BCUT2D eigenvalue weighted by atomic mass is 35.5. The molecule has 2 aromatic rings. The normalized spacial score (nSPS) is 12.6. The summed E-state index contributed by atoms with van der Waals surface area (Å²) in [6.45, 7) is 0. The van der Waals surface area contributed by atoms with Gasteiger partial charge in [-0.2, -0.15) is 0 Å². The summed E-state index contributed by atoms with van der Waals surface area (Å²) in [5.74, 6) is -2.43. The van der Waals surface area contributed by atoms with Gasteiger partial charge >= 0.3 is 12.0 Å². The Bertz CT molecular complexity index is 909. The molecule has 1 heterocycles. The summed E-state index contributed by atoms with van der Waals surface area (Å²) < 4.78 is 0. The number of nitrogens with one attached hydrogen (secondary N) is 2. The van der Waals surface area contributed by atoms with E-state index in [1.807, 2.05) is 0 Å². The van der Waals surface area contributed by atoms with Crippen LogP contribution in [0.4, 0.5) is 10.5 Å².